The second-order valence-electron chi connectivity index (χ2n) is 4.66. The maximum absolute atomic E-state index is 5.55. The normalized spacial score (nSPS) is 13.2. The number of benzene rings is 2. The first-order chi connectivity index (χ1) is 9.35. The third-order valence-corrected chi connectivity index (χ3v) is 3.66. The molecule has 0 amide bonds. The zero-order valence-corrected chi connectivity index (χ0v) is 11.3. The van der Waals surface area contributed by atoms with E-state index in [2.05, 4.69) is 30.7 Å². The summed E-state index contributed by atoms with van der Waals surface area (Å²) in [7, 11) is 3.36. The summed E-state index contributed by atoms with van der Waals surface area (Å²) in [5.41, 5.74) is 5.12. The number of ether oxygens (including phenoxy) is 2. The number of fused-ring (bicyclic) bond motifs is 1. The summed E-state index contributed by atoms with van der Waals surface area (Å²) in [5.74, 6) is 1.59. The molecule has 0 heterocycles. The van der Waals surface area contributed by atoms with Crippen LogP contribution in [0, 0.1) is 6.42 Å². The van der Waals surface area contributed by atoms with Gasteiger partial charge in [0, 0.05) is 5.56 Å². The summed E-state index contributed by atoms with van der Waals surface area (Å²) in [6.07, 6.45) is 4.52. The van der Waals surface area contributed by atoms with Gasteiger partial charge in [0.15, 0.2) is 11.5 Å². The lowest BCUT2D eigenvalue weighted by molar-refractivity contribution is 0.356. The van der Waals surface area contributed by atoms with E-state index < -0.39 is 0 Å². The molecule has 2 heteroatoms. The van der Waals surface area contributed by atoms with Crippen LogP contribution in [0.15, 0.2) is 36.4 Å². The van der Waals surface area contributed by atoms with Crippen molar-refractivity contribution in [2.24, 2.45) is 0 Å². The molecular formula is C17H17O2. The molecule has 2 aromatic rings. The van der Waals surface area contributed by atoms with Gasteiger partial charge in [-0.15, -0.1) is 0 Å². The highest BCUT2D eigenvalue weighted by atomic mass is 16.5. The van der Waals surface area contributed by atoms with E-state index >= 15 is 0 Å². The first-order valence-corrected chi connectivity index (χ1v) is 6.51. The average molecular weight is 253 g/mol. The molecule has 0 N–H and O–H groups in total. The quantitative estimate of drug-likeness (QED) is 0.826. The molecular weight excluding hydrogens is 236 g/mol. The van der Waals surface area contributed by atoms with Gasteiger partial charge in [0.25, 0.3) is 0 Å². The number of para-hydroxylation sites is 1. The summed E-state index contributed by atoms with van der Waals surface area (Å²) < 4.78 is 10.9. The minimum Gasteiger partial charge on any atom is -0.493 e. The molecule has 0 bridgehead atoms. The molecule has 0 aliphatic heterocycles. The minimum absolute atomic E-state index is 0.777. The highest BCUT2D eigenvalue weighted by Crippen LogP contribution is 2.41. The van der Waals surface area contributed by atoms with Gasteiger partial charge in [-0.25, -0.2) is 0 Å². The fraction of sp³-hybridized carbons (Fsp3) is 0.235. The van der Waals surface area contributed by atoms with Crippen LogP contribution in [0.4, 0.5) is 0 Å². The Labute approximate surface area is 114 Å². The van der Waals surface area contributed by atoms with E-state index in [0.29, 0.717) is 0 Å². The molecule has 0 unspecified atom stereocenters. The minimum atomic E-state index is 0.777. The first kappa shape index (κ1) is 12.1. The van der Waals surface area contributed by atoms with Crippen molar-refractivity contribution >= 4 is 0 Å². The summed E-state index contributed by atoms with van der Waals surface area (Å²) in [6, 6.07) is 12.5. The van der Waals surface area contributed by atoms with Crippen LogP contribution in [0.25, 0.3) is 11.1 Å². The summed E-state index contributed by atoms with van der Waals surface area (Å²) >= 11 is 0. The van der Waals surface area contributed by atoms with E-state index in [4.69, 9.17) is 9.47 Å². The van der Waals surface area contributed by atoms with Crippen molar-refractivity contribution in [1.82, 2.24) is 0 Å². The van der Waals surface area contributed by atoms with Gasteiger partial charge in [0.2, 0.25) is 0 Å². The number of hydrogen-bond donors (Lipinski definition) is 0. The van der Waals surface area contributed by atoms with E-state index in [0.717, 1.165) is 29.9 Å². The van der Waals surface area contributed by atoms with Gasteiger partial charge in [-0.3, -0.25) is 0 Å². The van der Waals surface area contributed by atoms with E-state index in [9.17, 15) is 0 Å². The molecule has 1 radical (unpaired) electrons. The Morgan fingerprint density at radius 3 is 2.47 bits per heavy atom. The van der Waals surface area contributed by atoms with Crippen molar-refractivity contribution in [2.45, 2.75) is 12.8 Å². The number of methoxy groups -OCH3 is 2. The van der Waals surface area contributed by atoms with Crippen molar-refractivity contribution < 1.29 is 9.47 Å². The molecule has 1 aliphatic rings. The van der Waals surface area contributed by atoms with E-state index in [1.54, 1.807) is 14.2 Å². The lowest BCUT2D eigenvalue weighted by atomic mass is 9.96. The van der Waals surface area contributed by atoms with Gasteiger partial charge >= 0.3 is 0 Å². The summed E-state index contributed by atoms with van der Waals surface area (Å²) in [5, 5.41) is 0. The van der Waals surface area contributed by atoms with E-state index in [1.165, 1.54) is 16.7 Å². The van der Waals surface area contributed by atoms with Crippen LogP contribution in [0.3, 0.4) is 0 Å². The van der Waals surface area contributed by atoms with Crippen molar-refractivity contribution in [3.63, 3.8) is 0 Å². The molecule has 0 spiro atoms. The molecule has 97 valence electrons. The zero-order valence-electron chi connectivity index (χ0n) is 11.3. The SMILES string of the molecule is COc1cccc(-c2cccc3c2CC[CH]3)c1OC. The highest BCUT2D eigenvalue weighted by Gasteiger charge is 2.19. The Hall–Kier alpha value is -1.96. The van der Waals surface area contributed by atoms with Crippen LogP contribution >= 0.6 is 0 Å². The van der Waals surface area contributed by atoms with E-state index in [1.807, 2.05) is 12.1 Å². The molecule has 0 saturated heterocycles. The van der Waals surface area contributed by atoms with Gasteiger partial charge in [-0.1, -0.05) is 30.3 Å². The van der Waals surface area contributed by atoms with Gasteiger partial charge in [0.05, 0.1) is 14.2 Å². The maximum atomic E-state index is 5.55. The lowest BCUT2D eigenvalue weighted by Crippen LogP contribution is -1.95. The predicted molar refractivity (Wildman–Crippen MR) is 76.7 cm³/mol. The molecule has 0 saturated carbocycles. The third-order valence-electron chi connectivity index (χ3n) is 3.66. The smallest absolute Gasteiger partial charge is 0.168 e. The predicted octanol–water partition coefficient (Wildman–Crippen LogP) is 3.87. The Balaban J connectivity index is 2.20. The molecule has 1 aliphatic carbocycles. The molecule has 0 atom stereocenters. The molecule has 19 heavy (non-hydrogen) atoms. The standard InChI is InChI=1S/C17H17O2/c1-18-16-11-5-10-15(17(16)19-2)14-9-4-7-12-6-3-8-13(12)14/h4-7,9-11H,3,8H2,1-2H3. The highest BCUT2D eigenvalue weighted by molar-refractivity contribution is 5.78. The summed E-state index contributed by atoms with van der Waals surface area (Å²) in [4.78, 5) is 0. The van der Waals surface area contributed by atoms with Crippen LogP contribution in [0.1, 0.15) is 17.5 Å². The molecule has 3 rings (SSSR count). The Bertz CT molecular complexity index is 602. The second-order valence-corrected chi connectivity index (χ2v) is 4.66. The molecule has 0 aromatic heterocycles. The fourth-order valence-corrected chi connectivity index (χ4v) is 2.80. The van der Waals surface area contributed by atoms with Gasteiger partial charge in [-0.05, 0) is 42.0 Å². The largest absolute Gasteiger partial charge is 0.493 e. The number of hydrogen-bond acceptors (Lipinski definition) is 2. The topological polar surface area (TPSA) is 18.5 Å². The van der Waals surface area contributed by atoms with Gasteiger partial charge in [-0.2, -0.15) is 0 Å². The van der Waals surface area contributed by atoms with Crippen LogP contribution in [0.5, 0.6) is 11.5 Å². The van der Waals surface area contributed by atoms with Crippen molar-refractivity contribution in [1.29, 1.82) is 0 Å². The zero-order chi connectivity index (χ0) is 13.2. The monoisotopic (exact) mass is 253 g/mol. The van der Waals surface area contributed by atoms with Crippen LogP contribution < -0.4 is 9.47 Å². The van der Waals surface area contributed by atoms with Crippen LogP contribution in [-0.4, -0.2) is 14.2 Å². The fourth-order valence-electron chi connectivity index (χ4n) is 2.80. The lowest BCUT2D eigenvalue weighted by Gasteiger charge is -2.15. The van der Waals surface area contributed by atoms with Crippen molar-refractivity contribution in [3.05, 3.63) is 53.9 Å². The molecule has 0 fully saturated rings. The van der Waals surface area contributed by atoms with Gasteiger partial charge < -0.3 is 9.47 Å². The summed E-state index contributed by atoms with van der Waals surface area (Å²) in [6.45, 7) is 0. The van der Waals surface area contributed by atoms with E-state index in [-0.39, 0.29) is 0 Å². The Kier molecular flexibility index (Phi) is 3.16. The molecule has 2 nitrogen and oxygen atoms in total. The Morgan fingerprint density at radius 1 is 0.895 bits per heavy atom. The van der Waals surface area contributed by atoms with Crippen molar-refractivity contribution in [2.75, 3.05) is 14.2 Å². The van der Waals surface area contributed by atoms with Crippen molar-refractivity contribution in [3.8, 4) is 22.6 Å². The average Bonchev–Trinajstić information content (AvgIpc) is 2.94. The molecule has 2 aromatic carbocycles. The number of rotatable bonds is 3. The third kappa shape index (κ3) is 1.97. The van der Waals surface area contributed by atoms with Gasteiger partial charge in [0.1, 0.15) is 0 Å². The Morgan fingerprint density at radius 2 is 1.68 bits per heavy atom. The van der Waals surface area contributed by atoms with Crippen LogP contribution in [-0.2, 0) is 6.42 Å². The second kappa shape index (κ2) is 4.96. The maximum Gasteiger partial charge on any atom is 0.168 e. The first-order valence-electron chi connectivity index (χ1n) is 6.51. The van der Waals surface area contributed by atoms with Crippen LogP contribution in [0.2, 0.25) is 0 Å².